The summed E-state index contributed by atoms with van der Waals surface area (Å²) in [5.74, 6) is 2.78. The fourth-order valence-corrected chi connectivity index (χ4v) is 11.4. The smallest absolute Gasteiger partial charge is 0.494 e. The molecule has 2 aromatic heterocycles. The van der Waals surface area contributed by atoms with Gasteiger partial charge in [0, 0.05) is 62.0 Å². The Hall–Kier alpha value is -6.66. The number of hydrogen-bond acceptors (Lipinski definition) is 16. The van der Waals surface area contributed by atoms with Gasteiger partial charge in [-0.25, -0.2) is 4.98 Å². The number of hydrogen-bond donors (Lipinski definition) is 3. The maximum Gasteiger partial charge on any atom is 0.573 e. The van der Waals surface area contributed by atoms with E-state index < -0.39 is 48.9 Å². The second-order valence-electron chi connectivity index (χ2n) is 18.3. The first-order valence-electron chi connectivity index (χ1n) is 23.1. The van der Waals surface area contributed by atoms with Crippen LogP contribution in [-0.4, -0.2) is 132 Å². The number of carbonyl (C=O) groups excluding carboxylic acids is 4. The molecule has 3 fully saturated rings. The van der Waals surface area contributed by atoms with E-state index in [1.54, 1.807) is 39.0 Å². The van der Waals surface area contributed by atoms with Crippen LogP contribution in [0.25, 0.3) is 11.0 Å². The lowest BCUT2D eigenvalue weighted by Gasteiger charge is -2.47. The number of halogens is 4. The Balaban J connectivity index is 0.762. The molecular formula is C49H49BrF3N10O8P. The number of carbonyl (C=O) groups is 4. The normalized spacial score (nSPS) is 18.2. The molecule has 1 spiro atoms. The number of nitrogens with zero attached hydrogens (tertiary/aromatic N) is 7. The Morgan fingerprint density at radius 3 is 2.39 bits per heavy atom. The number of nitrogens with one attached hydrogen (secondary N) is 3. The van der Waals surface area contributed by atoms with Crippen LogP contribution >= 0.6 is 23.1 Å². The van der Waals surface area contributed by atoms with Crippen molar-refractivity contribution in [3.63, 3.8) is 0 Å². The third kappa shape index (κ3) is 10.9. The van der Waals surface area contributed by atoms with Gasteiger partial charge in [-0.3, -0.25) is 39.4 Å². The van der Waals surface area contributed by atoms with Gasteiger partial charge in [0.2, 0.25) is 17.8 Å². The highest BCUT2D eigenvalue weighted by Gasteiger charge is 2.46. The Labute approximate surface area is 420 Å². The van der Waals surface area contributed by atoms with Crippen molar-refractivity contribution < 1.29 is 51.1 Å². The van der Waals surface area contributed by atoms with Gasteiger partial charge in [0.05, 0.1) is 51.5 Å². The van der Waals surface area contributed by atoms with Crippen LogP contribution in [0.5, 0.6) is 11.5 Å². The summed E-state index contributed by atoms with van der Waals surface area (Å²) in [6.45, 7) is 7.85. The number of piperidine rings is 3. The van der Waals surface area contributed by atoms with Crippen LogP contribution in [0.4, 0.5) is 42.0 Å². The summed E-state index contributed by atoms with van der Waals surface area (Å²) in [6.07, 6.45) is 3.63. The second-order valence-corrected chi connectivity index (χ2v) is 22.3. The van der Waals surface area contributed by atoms with E-state index in [-0.39, 0.29) is 41.6 Å². The van der Waals surface area contributed by atoms with E-state index in [1.807, 2.05) is 24.3 Å². The Bertz CT molecular complexity index is 3090. The number of ether oxygens (including phenoxy) is 3. The number of aromatic nitrogens is 4. The molecule has 4 aliphatic heterocycles. The molecular weight excluding hydrogens is 1020 g/mol. The molecule has 0 radical (unpaired) electrons. The lowest BCUT2D eigenvalue weighted by atomic mass is 9.71. The molecule has 23 heteroatoms. The molecule has 376 valence electrons. The zero-order chi connectivity index (χ0) is 51.0. The van der Waals surface area contributed by atoms with Gasteiger partial charge in [0.25, 0.3) is 11.8 Å². The third-order valence-corrected chi connectivity index (χ3v) is 15.5. The Kier molecular flexibility index (Phi) is 14.3. The zero-order valence-electron chi connectivity index (χ0n) is 39.4. The minimum Gasteiger partial charge on any atom is -0.494 e. The lowest BCUT2D eigenvalue weighted by Crippen LogP contribution is -2.54. The molecule has 3 N–H and O–H groups in total. The standard InChI is InChI=1S/C49H49BrF3N10O8P/c1-69-38-26-30(6-7-34(38)58-47-56-28-33(50)43(60-47)57-36-9-8-35-41(55-17-16-54-35)42(36)72(2,3)68)62-20-14-48(15-21-62)12-18-61(19-13-48)22-24-70-23-4-5-29-25-31(71-49(51,52)53)27-32-40(29)46(67)63(45(32)66)37-10-11-39(64)59-44(37)65/h6-9,16-17,25-28,37H,10-15,18-24H2,1-3H3,(H,59,64,65)(H2,56,57,58,60). The zero-order valence-corrected chi connectivity index (χ0v) is 41.9. The first kappa shape index (κ1) is 50.3. The average Bonchev–Trinajstić information content (AvgIpc) is 3.58. The van der Waals surface area contributed by atoms with E-state index in [1.165, 1.54) is 0 Å². The summed E-state index contributed by atoms with van der Waals surface area (Å²) in [5.41, 5.74) is 2.94. The summed E-state index contributed by atoms with van der Waals surface area (Å²) in [6, 6.07) is 10.1. The number of rotatable bonds is 13. The predicted molar refractivity (Wildman–Crippen MR) is 265 cm³/mol. The van der Waals surface area contributed by atoms with Gasteiger partial charge in [-0.2, -0.15) is 4.98 Å². The van der Waals surface area contributed by atoms with E-state index in [2.05, 4.69) is 79.3 Å². The number of amides is 4. The van der Waals surface area contributed by atoms with E-state index in [0.717, 1.165) is 69.7 Å². The van der Waals surface area contributed by atoms with E-state index in [9.17, 15) is 36.9 Å². The van der Waals surface area contributed by atoms with Crippen molar-refractivity contribution in [3.8, 4) is 23.3 Å². The molecule has 3 saturated heterocycles. The first-order valence-corrected chi connectivity index (χ1v) is 26.5. The monoisotopic (exact) mass is 1070 g/mol. The quantitative estimate of drug-likeness (QED) is 0.0470. The molecule has 0 saturated carbocycles. The highest BCUT2D eigenvalue weighted by molar-refractivity contribution is 9.10. The van der Waals surface area contributed by atoms with E-state index in [4.69, 9.17) is 14.5 Å². The molecule has 1 atom stereocenters. The van der Waals surface area contributed by atoms with Gasteiger partial charge in [0.1, 0.15) is 42.6 Å². The minimum atomic E-state index is -5.09. The van der Waals surface area contributed by atoms with Crippen LogP contribution < -0.4 is 35.6 Å². The summed E-state index contributed by atoms with van der Waals surface area (Å²) >= 11 is 3.55. The van der Waals surface area contributed by atoms with Gasteiger partial charge >= 0.3 is 6.36 Å². The highest BCUT2D eigenvalue weighted by Crippen LogP contribution is 2.44. The number of likely N-dealkylation sites (tertiary alicyclic amines) is 1. The molecule has 18 nitrogen and oxygen atoms in total. The molecule has 0 bridgehead atoms. The van der Waals surface area contributed by atoms with Gasteiger partial charge < -0.3 is 39.2 Å². The molecule has 3 aromatic carbocycles. The summed E-state index contributed by atoms with van der Waals surface area (Å²) < 4.78 is 69.5. The van der Waals surface area contributed by atoms with Crippen molar-refractivity contribution in [1.82, 2.24) is 35.1 Å². The van der Waals surface area contributed by atoms with Gasteiger partial charge in [-0.1, -0.05) is 11.8 Å². The predicted octanol–water partition coefficient (Wildman–Crippen LogP) is 6.98. The number of benzene rings is 3. The largest absolute Gasteiger partial charge is 0.573 e. The Morgan fingerprint density at radius 1 is 0.931 bits per heavy atom. The van der Waals surface area contributed by atoms with Crippen molar-refractivity contribution in [1.29, 1.82) is 0 Å². The van der Waals surface area contributed by atoms with E-state index >= 15 is 0 Å². The van der Waals surface area contributed by atoms with Crippen LogP contribution in [0.15, 0.2) is 65.5 Å². The van der Waals surface area contributed by atoms with Gasteiger partial charge in [0.15, 0.2) is 0 Å². The number of alkyl halides is 3. The topological polar surface area (TPSA) is 210 Å². The van der Waals surface area contributed by atoms with Crippen molar-refractivity contribution in [3.05, 3.63) is 82.2 Å². The van der Waals surface area contributed by atoms with Crippen molar-refractivity contribution in [2.24, 2.45) is 5.41 Å². The highest BCUT2D eigenvalue weighted by atomic mass is 79.9. The Morgan fingerprint density at radius 2 is 1.67 bits per heavy atom. The maximum absolute atomic E-state index is 13.5. The summed E-state index contributed by atoms with van der Waals surface area (Å²) in [7, 11) is -1.18. The third-order valence-electron chi connectivity index (χ3n) is 13.4. The molecule has 4 amide bonds. The number of methoxy groups -OCH3 is 1. The number of imide groups is 2. The van der Waals surface area contributed by atoms with Crippen LogP contribution in [0, 0.1) is 17.3 Å². The fraction of sp³-hybridized carbons (Fsp3) is 0.388. The molecule has 4 aliphatic rings. The SMILES string of the molecule is COc1cc(N2CCC3(CCN(CCOCC#Cc4cc(OC(F)(F)F)cc5c4C(=O)N(C4CCC(=O)NC4=O)C5=O)CC3)CC2)ccc1Nc1ncc(Br)c(Nc2ccc3nccnc3c2P(C)(C)=O)n1. The van der Waals surface area contributed by atoms with Crippen molar-refractivity contribution in [2.75, 3.05) is 81.9 Å². The minimum absolute atomic E-state index is 0.0992. The number of anilines is 5. The molecule has 1 unspecified atom stereocenters. The fourth-order valence-electron chi connectivity index (χ4n) is 9.71. The van der Waals surface area contributed by atoms with Crippen molar-refractivity contribution in [2.45, 2.75) is 50.9 Å². The van der Waals surface area contributed by atoms with E-state index in [0.29, 0.717) is 67.8 Å². The summed E-state index contributed by atoms with van der Waals surface area (Å²) in [4.78, 5) is 74.5. The molecule has 5 aromatic rings. The first-order chi connectivity index (χ1) is 34.4. The second kappa shape index (κ2) is 20.5. The number of fused-ring (bicyclic) bond motifs is 2. The average molecular weight is 1070 g/mol. The molecule has 72 heavy (non-hydrogen) atoms. The maximum atomic E-state index is 13.5. The van der Waals surface area contributed by atoms with Crippen molar-refractivity contribution >= 4 is 91.9 Å². The van der Waals surface area contributed by atoms with Crippen LogP contribution in [0.3, 0.4) is 0 Å². The lowest BCUT2D eigenvalue weighted by molar-refractivity contribution is -0.274. The molecule has 9 rings (SSSR count). The van der Waals surface area contributed by atoms with Crippen LogP contribution in [0.1, 0.15) is 64.8 Å². The van der Waals surface area contributed by atoms with Crippen LogP contribution in [-0.2, 0) is 18.9 Å². The summed E-state index contributed by atoms with van der Waals surface area (Å²) in [5, 5.41) is 9.30. The van der Waals surface area contributed by atoms with Gasteiger partial charge in [-0.15, -0.1) is 13.2 Å². The molecule has 6 heterocycles. The van der Waals surface area contributed by atoms with Crippen LogP contribution in [0.2, 0.25) is 0 Å². The molecule has 0 aliphatic carbocycles. The van der Waals surface area contributed by atoms with Gasteiger partial charge in [-0.05, 0) is 116 Å².